The SMILES string of the molecule is CC(N)N(C(C)N)[N+](=O)[O-]. The molecule has 2 atom stereocenters. The molecule has 0 amide bonds. The first kappa shape index (κ1) is 9.12. The molecule has 0 aliphatic heterocycles. The Morgan fingerprint density at radius 1 is 1.40 bits per heavy atom. The van der Waals surface area contributed by atoms with Crippen LogP contribution in [0, 0.1) is 10.1 Å². The van der Waals surface area contributed by atoms with Crippen molar-refractivity contribution in [1.82, 2.24) is 5.01 Å². The molecular formula is C4H12N4O2. The fraction of sp³-hybridized carbons (Fsp3) is 1.00. The minimum atomic E-state index is -0.657. The zero-order valence-electron chi connectivity index (χ0n) is 6.02. The van der Waals surface area contributed by atoms with Crippen LogP contribution in [-0.4, -0.2) is 22.4 Å². The second kappa shape index (κ2) is 3.33. The van der Waals surface area contributed by atoms with Crippen LogP contribution in [0.25, 0.3) is 0 Å². The van der Waals surface area contributed by atoms with Gasteiger partial charge in [0.2, 0.25) is 0 Å². The molecule has 0 aliphatic rings. The van der Waals surface area contributed by atoms with Gasteiger partial charge >= 0.3 is 0 Å². The van der Waals surface area contributed by atoms with E-state index in [1.54, 1.807) is 0 Å². The van der Waals surface area contributed by atoms with Gasteiger partial charge in [-0.15, -0.1) is 0 Å². The highest BCUT2D eigenvalue weighted by Gasteiger charge is 2.22. The van der Waals surface area contributed by atoms with Crippen molar-refractivity contribution in [2.75, 3.05) is 0 Å². The molecule has 0 fully saturated rings. The van der Waals surface area contributed by atoms with Crippen molar-refractivity contribution in [3.05, 3.63) is 10.1 Å². The van der Waals surface area contributed by atoms with Crippen LogP contribution in [0.3, 0.4) is 0 Å². The summed E-state index contributed by atoms with van der Waals surface area (Å²) >= 11 is 0. The van der Waals surface area contributed by atoms with E-state index in [-0.39, 0.29) is 0 Å². The Hall–Kier alpha value is -0.880. The van der Waals surface area contributed by atoms with Crippen molar-refractivity contribution in [1.29, 1.82) is 0 Å². The highest BCUT2D eigenvalue weighted by Crippen LogP contribution is 1.95. The summed E-state index contributed by atoms with van der Waals surface area (Å²) in [6.45, 7) is 3.01. The summed E-state index contributed by atoms with van der Waals surface area (Å²) in [5, 5.41) is 10.3. The Morgan fingerprint density at radius 2 is 1.70 bits per heavy atom. The van der Waals surface area contributed by atoms with E-state index >= 15 is 0 Å². The highest BCUT2D eigenvalue weighted by molar-refractivity contribution is 4.53. The second-order valence-corrected chi connectivity index (χ2v) is 2.10. The van der Waals surface area contributed by atoms with Gasteiger partial charge < -0.3 is 11.5 Å². The first-order valence-electron chi connectivity index (χ1n) is 2.90. The topological polar surface area (TPSA) is 98.4 Å². The fourth-order valence-electron chi connectivity index (χ4n) is 0.668. The van der Waals surface area contributed by atoms with Crippen LogP contribution in [0.5, 0.6) is 0 Å². The molecular weight excluding hydrogens is 136 g/mol. The van der Waals surface area contributed by atoms with Crippen molar-refractivity contribution in [3.63, 3.8) is 0 Å². The molecule has 0 aromatic rings. The molecule has 4 N–H and O–H groups in total. The maximum atomic E-state index is 10.2. The van der Waals surface area contributed by atoms with Gasteiger partial charge in [-0.05, 0) is 13.8 Å². The van der Waals surface area contributed by atoms with Crippen molar-refractivity contribution >= 4 is 0 Å². The third-order valence-electron chi connectivity index (χ3n) is 1.02. The summed E-state index contributed by atoms with van der Waals surface area (Å²) < 4.78 is 0. The van der Waals surface area contributed by atoms with Crippen molar-refractivity contribution < 1.29 is 5.03 Å². The normalized spacial score (nSPS) is 16.0. The Kier molecular flexibility index (Phi) is 3.04. The minimum absolute atomic E-state index is 0.602. The van der Waals surface area contributed by atoms with Gasteiger partial charge in [0.15, 0.2) is 5.03 Å². The average molecular weight is 148 g/mol. The quantitative estimate of drug-likeness (QED) is 0.306. The van der Waals surface area contributed by atoms with Gasteiger partial charge in [-0.3, -0.25) is 0 Å². The van der Waals surface area contributed by atoms with Crippen molar-refractivity contribution in [3.8, 4) is 0 Å². The van der Waals surface area contributed by atoms with Gasteiger partial charge in [0.1, 0.15) is 12.3 Å². The van der Waals surface area contributed by atoms with Crippen LogP contribution < -0.4 is 11.5 Å². The molecule has 0 heterocycles. The average Bonchev–Trinajstić information content (AvgIpc) is 1.59. The standard InChI is InChI=1S/C4H12N4O2/c1-3(5)7(4(2)6)8(9)10/h3-4H,5-6H2,1-2H3. The maximum absolute atomic E-state index is 10.2. The lowest BCUT2D eigenvalue weighted by Crippen LogP contribution is -2.52. The first-order valence-corrected chi connectivity index (χ1v) is 2.90. The Morgan fingerprint density at radius 3 is 1.70 bits per heavy atom. The van der Waals surface area contributed by atoms with E-state index in [4.69, 9.17) is 11.5 Å². The summed E-state index contributed by atoms with van der Waals surface area (Å²) in [7, 11) is 0. The summed E-state index contributed by atoms with van der Waals surface area (Å²) in [5.41, 5.74) is 10.5. The van der Waals surface area contributed by atoms with Gasteiger partial charge in [0.05, 0.1) is 0 Å². The molecule has 2 unspecified atom stereocenters. The van der Waals surface area contributed by atoms with Crippen LogP contribution in [0.4, 0.5) is 0 Å². The Bertz CT molecular complexity index is 116. The number of rotatable bonds is 3. The van der Waals surface area contributed by atoms with Crippen molar-refractivity contribution in [2.24, 2.45) is 11.5 Å². The van der Waals surface area contributed by atoms with E-state index in [0.29, 0.717) is 0 Å². The molecule has 0 aliphatic carbocycles. The van der Waals surface area contributed by atoms with E-state index in [1.165, 1.54) is 13.8 Å². The van der Waals surface area contributed by atoms with E-state index in [9.17, 15) is 10.1 Å². The van der Waals surface area contributed by atoms with Crippen LogP contribution in [0.2, 0.25) is 0 Å². The lowest BCUT2D eigenvalue weighted by atomic mass is 10.5. The van der Waals surface area contributed by atoms with Crippen molar-refractivity contribution in [2.45, 2.75) is 26.2 Å². The zero-order valence-corrected chi connectivity index (χ0v) is 6.02. The largest absolute Gasteiger partial charge is 0.307 e. The van der Waals surface area contributed by atoms with Crippen LogP contribution in [0.15, 0.2) is 0 Å². The molecule has 6 nitrogen and oxygen atoms in total. The van der Waals surface area contributed by atoms with Crippen LogP contribution >= 0.6 is 0 Å². The number of hydrazine groups is 1. The fourth-order valence-corrected chi connectivity index (χ4v) is 0.668. The maximum Gasteiger partial charge on any atom is 0.163 e. The molecule has 0 bridgehead atoms. The lowest BCUT2D eigenvalue weighted by Gasteiger charge is -2.20. The van der Waals surface area contributed by atoms with E-state index in [2.05, 4.69) is 0 Å². The van der Waals surface area contributed by atoms with Gasteiger partial charge in [-0.2, -0.15) is 0 Å². The molecule has 6 heteroatoms. The summed E-state index contributed by atoms with van der Waals surface area (Å²) in [5.74, 6) is 0. The molecule has 60 valence electrons. The number of nitrogens with two attached hydrogens (primary N) is 2. The molecule has 0 radical (unpaired) electrons. The third kappa shape index (κ3) is 2.16. The molecule has 0 saturated carbocycles. The lowest BCUT2D eigenvalue weighted by molar-refractivity contribution is -0.671. The summed E-state index contributed by atoms with van der Waals surface area (Å²) in [4.78, 5) is 10.2. The molecule has 0 saturated heterocycles. The van der Waals surface area contributed by atoms with Gasteiger partial charge in [-0.1, -0.05) is 5.01 Å². The summed E-state index contributed by atoms with van der Waals surface area (Å²) in [6.07, 6.45) is -1.31. The second-order valence-electron chi connectivity index (χ2n) is 2.10. The molecule has 0 rings (SSSR count). The van der Waals surface area contributed by atoms with E-state index < -0.39 is 17.4 Å². The van der Waals surface area contributed by atoms with Crippen LogP contribution in [-0.2, 0) is 0 Å². The predicted octanol–water partition coefficient (Wildman–Crippen LogP) is -0.910. The monoisotopic (exact) mass is 148 g/mol. The van der Waals surface area contributed by atoms with Gasteiger partial charge in [0.25, 0.3) is 0 Å². The number of nitrogens with zero attached hydrogens (tertiary/aromatic N) is 2. The summed E-state index contributed by atoms with van der Waals surface area (Å²) in [6, 6.07) is 0. The Balaban J connectivity index is 4.12. The van der Waals surface area contributed by atoms with E-state index in [1.807, 2.05) is 0 Å². The molecule has 0 aromatic heterocycles. The highest BCUT2D eigenvalue weighted by atomic mass is 16.7. The predicted molar refractivity (Wildman–Crippen MR) is 36.1 cm³/mol. The van der Waals surface area contributed by atoms with E-state index in [0.717, 1.165) is 5.01 Å². The van der Waals surface area contributed by atoms with Gasteiger partial charge in [0, 0.05) is 0 Å². The molecule has 0 spiro atoms. The van der Waals surface area contributed by atoms with Gasteiger partial charge in [-0.25, -0.2) is 10.1 Å². The number of hydrogen-bond donors (Lipinski definition) is 2. The smallest absolute Gasteiger partial charge is 0.163 e. The Labute approximate surface area is 58.9 Å². The number of nitro groups is 1. The van der Waals surface area contributed by atoms with Crippen LogP contribution in [0.1, 0.15) is 13.8 Å². The number of hydrogen-bond acceptors (Lipinski definition) is 4. The molecule has 10 heavy (non-hydrogen) atoms. The minimum Gasteiger partial charge on any atom is -0.307 e. The zero-order chi connectivity index (χ0) is 8.31. The first-order chi connectivity index (χ1) is 4.46. The third-order valence-corrected chi connectivity index (χ3v) is 1.02. The molecule has 0 aromatic carbocycles.